The molecular formula is C17H21NO3. The van der Waals surface area contributed by atoms with E-state index < -0.39 is 0 Å². The highest BCUT2D eigenvalue weighted by Gasteiger charge is 2.17. The van der Waals surface area contributed by atoms with Gasteiger partial charge >= 0.3 is 5.97 Å². The molecule has 4 nitrogen and oxygen atoms in total. The molecule has 0 aliphatic heterocycles. The van der Waals surface area contributed by atoms with Crippen LogP contribution in [0.15, 0.2) is 36.4 Å². The van der Waals surface area contributed by atoms with E-state index in [1.54, 1.807) is 12.1 Å². The first-order valence-electron chi connectivity index (χ1n) is 7.30. The van der Waals surface area contributed by atoms with Crippen molar-refractivity contribution in [3.05, 3.63) is 47.5 Å². The van der Waals surface area contributed by atoms with Crippen molar-refractivity contribution in [1.29, 1.82) is 0 Å². The van der Waals surface area contributed by atoms with Crippen LogP contribution in [-0.2, 0) is 16.0 Å². The SMILES string of the molecule is COC(=O)c1ccc(CCNC(=O)[C@H]2CC=CCC2)cc1. The summed E-state index contributed by atoms with van der Waals surface area (Å²) < 4.78 is 4.65. The zero-order valence-corrected chi connectivity index (χ0v) is 12.3. The first-order valence-corrected chi connectivity index (χ1v) is 7.30. The third kappa shape index (κ3) is 4.45. The van der Waals surface area contributed by atoms with Gasteiger partial charge in [0.15, 0.2) is 0 Å². The lowest BCUT2D eigenvalue weighted by atomic mass is 9.93. The minimum absolute atomic E-state index is 0.122. The fraction of sp³-hybridized carbons (Fsp3) is 0.412. The van der Waals surface area contributed by atoms with Crippen LogP contribution < -0.4 is 5.32 Å². The Morgan fingerprint density at radius 3 is 2.62 bits per heavy atom. The molecule has 0 spiro atoms. The summed E-state index contributed by atoms with van der Waals surface area (Å²) in [5.74, 6) is -0.0672. The van der Waals surface area contributed by atoms with Gasteiger partial charge in [0, 0.05) is 12.5 Å². The number of esters is 1. The van der Waals surface area contributed by atoms with Gasteiger partial charge in [-0.25, -0.2) is 4.79 Å². The van der Waals surface area contributed by atoms with Gasteiger partial charge < -0.3 is 10.1 Å². The van der Waals surface area contributed by atoms with Gasteiger partial charge in [-0.1, -0.05) is 24.3 Å². The first kappa shape index (κ1) is 15.3. The van der Waals surface area contributed by atoms with Crippen molar-refractivity contribution in [1.82, 2.24) is 5.32 Å². The van der Waals surface area contributed by atoms with E-state index in [0.29, 0.717) is 12.1 Å². The third-order valence-electron chi connectivity index (χ3n) is 3.73. The summed E-state index contributed by atoms with van der Waals surface area (Å²) in [7, 11) is 1.37. The lowest BCUT2D eigenvalue weighted by Crippen LogP contribution is -2.32. The number of ether oxygens (including phenoxy) is 1. The molecular weight excluding hydrogens is 266 g/mol. The van der Waals surface area contributed by atoms with E-state index in [9.17, 15) is 9.59 Å². The zero-order chi connectivity index (χ0) is 15.1. The summed E-state index contributed by atoms with van der Waals surface area (Å²) in [6.45, 7) is 0.622. The molecule has 0 saturated heterocycles. The lowest BCUT2D eigenvalue weighted by molar-refractivity contribution is -0.125. The van der Waals surface area contributed by atoms with E-state index in [2.05, 4.69) is 22.2 Å². The number of carbonyl (C=O) groups is 2. The normalized spacial score (nSPS) is 17.3. The molecule has 0 heterocycles. The summed E-state index contributed by atoms with van der Waals surface area (Å²) in [4.78, 5) is 23.3. The van der Waals surface area contributed by atoms with Crippen molar-refractivity contribution < 1.29 is 14.3 Å². The minimum atomic E-state index is -0.333. The van der Waals surface area contributed by atoms with Crippen molar-refractivity contribution in [2.24, 2.45) is 5.92 Å². The molecule has 1 amide bonds. The number of benzene rings is 1. The molecule has 1 aliphatic rings. The molecule has 0 aromatic heterocycles. The Morgan fingerprint density at radius 2 is 2.00 bits per heavy atom. The van der Waals surface area contributed by atoms with Crippen LogP contribution in [0.5, 0.6) is 0 Å². The molecule has 4 heteroatoms. The average Bonchev–Trinajstić information content (AvgIpc) is 2.55. The van der Waals surface area contributed by atoms with Crippen LogP contribution in [0.4, 0.5) is 0 Å². The number of methoxy groups -OCH3 is 1. The number of allylic oxidation sites excluding steroid dienone is 2. The summed E-state index contributed by atoms with van der Waals surface area (Å²) >= 11 is 0. The van der Waals surface area contributed by atoms with Crippen molar-refractivity contribution in [2.45, 2.75) is 25.7 Å². The Bertz CT molecular complexity index is 519. The number of amides is 1. The Morgan fingerprint density at radius 1 is 1.24 bits per heavy atom. The zero-order valence-electron chi connectivity index (χ0n) is 12.3. The molecule has 1 aromatic rings. The predicted molar refractivity (Wildman–Crippen MR) is 81.0 cm³/mol. The molecule has 0 radical (unpaired) electrons. The maximum atomic E-state index is 12.0. The smallest absolute Gasteiger partial charge is 0.337 e. The Hall–Kier alpha value is -2.10. The second-order valence-electron chi connectivity index (χ2n) is 5.21. The van der Waals surface area contributed by atoms with Crippen molar-refractivity contribution in [3.63, 3.8) is 0 Å². The molecule has 1 N–H and O–H groups in total. The van der Waals surface area contributed by atoms with Crippen LogP contribution in [-0.4, -0.2) is 25.5 Å². The summed E-state index contributed by atoms with van der Waals surface area (Å²) in [5.41, 5.74) is 1.63. The maximum Gasteiger partial charge on any atom is 0.337 e. The molecule has 0 unspecified atom stereocenters. The summed E-state index contributed by atoms with van der Waals surface area (Å²) in [5, 5.41) is 2.98. The highest BCUT2D eigenvalue weighted by Crippen LogP contribution is 2.17. The molecule has 1 atom stereocenters. The Labute approximate surface area is 125 Å². The highest BCUT2D eigenvalue weighted by molar-refractivity contribution is 5.89. The number of carbonyl (C=O) groups excluding carboxylic acids is 2. The number of hydrogen-bond donors (Lipinski definition) is 1. The monoisotopic (exact) mass is 287 g/mol. The topological polar surface area (TPSA) is 55.4 Å². The lowest BCUT2D eigenvalue weighted by Gasteiger charge is -2.17. The quantitative estimate of drug-likeness (QED) is 0.668. The van der Waals surface area contributed by atoms with Crippen LogP contribution in [0.25, 0.3) is 0 Å². The molecule has 112 valence electrons. The van der Waals surface area contributed by atoms with Gasteiger partial charge in [0.25, 0.3) is 0 Å². The Kier molecular flexibility index (Phi) is 5.55. The molecule has 0 fully saturated rings. The summed E-state index contributed by atoms with van der Waals surface area (Å²) in [6.07, 6.45) is 7.75. The van der Waals surface area contributed by atoms with E-state index >= 15 is 0 Å². The second kappa shape index (κ2) is 7.62. The molecule has 0 saturated carbocycles. The second-order valence-corrected chi connectivity index (χ2v) is 5.21. The van der Waals surface area contributed by atoms with Gasteiger partial charge in [-0.2, -0.15) is 0 Å². The van der Waals surface area contributed by atoms with E-state index in [1.807, 2.05) is 12.1 Å². The van der Waals surface area contributed by atoms with Gasteiger partial charge in [0.05, 0.1) is 12.7 Å². The van der Waals surface area contributed by atoms with Gasteiger partial charge in [-0.15, -0.1) is 0 Å². The fourth-order valence-electron chi connectivity index (χ4n) is 2.43. The van der Waals surface area contributed by atoms with Gasteiger partial charge in [0.1, 0.15) is 0 Å². The van der Waals surface area contributed by atoms with E-state index in [0.717, 1.165) is 31.2 Å². The van der Waals surface area contributed by atoms with E-state index in [4.69, 9.17) is 0 Å². The van der Waals surface area contributed by atoms with Gasteiger partial charge in [-0.3, -0.25) is 4.79 Å². The van der Waals surface area contributed by atoms with Crippen molar-refractivity contribution in [2.75, 3.05) is 13.7 Å². The number of hydrogen-bond acceptors (Lipinski definition) is 3. The molecule has 1 aliphatic carbocycles. The largest absolute Gasteiger partial charge is 0.465 e. The van der Waals surface area contributed by atoms with Crippen LogP contribution in [0, 0.1) is 5.92 Å². The van der Waals surface area contributed by atoms with Crippen LogP contribution >= 0.6 is 0 Å². The van der Waals surface area contributed by atoms with Crippen LogP contribution in [0.1, 0.15) is 35.2 Å². The Balaban J connectivity index is 1.76. The third-order valence-corrected chi connectivity index (χ3v) is 3.73. The predicted octanol–water partition coefficient (Wildman–Crippen LogP) is 2.49. The standard InChI is InChI=1S/C17H21NO3/c1-21-17(20)15-9-7-13(8-10-15)11-12-18-16(19)14-5-3-2-4-6-14/h2-3,7-10,14H,4-6,11-12H2,1H3,(H,18,19)/t14-/m0/s1. The van der Waals surface area contributed by atoms with Gasteiger partial charge in [0.2, 0.25) is 5.91 Å². The highest BCUT2D eigenvalue weighted by atomic mass is 16.5. The van der Waals surface area contributed by atoms with Gasteiger partial charge in [-0.05, 0) is 43.4 Å². The molecule has 1 aromatic carbocycles. The first-order chi connectivity index (χ1) is 10.2. The van der Waals surface area contributed by atoms with Crippen molar-refractivity contribution in [3.8, 4) is 0 Å². The van der Waals surface area contributed by atoms with Crippen LogP contribution in [0.3, 0.4) is 0 Å². The fourth-order valence-corrected chi connectivity index (χ4v) is 2.43. The molecule has 0 bridgehead atoms. The van der Waals surface area contributed by atoms with Crippen molar-refractivity contribution >= 4 is 11.9 Å². The molecule has 2 rings (SSSR count). The summed E-state index contributed by atoms with van der Waals surface area (Å²) in [6, 6.07) is 7.27. The number of rotatable bonds is 5. The minimum Gasteiger partial charge on any atom is -0.465 e. The average molecular weight is 287 g/mol. The number of nitrogens with one attached hydrogen (secondary N) is 1. The van der Waals surface area contributed by atoms with E-state index in [-0.39, 0.29) is 17.8 Å². The molecule has 21 heavy (non-hydrogen) atoms. The van der Waals surface area contributed by atoms with Crippen LogP contribution in [0.2, 0.25) is 0 Å². The van der Waals surface area contributed by atoms with E-state index in [1.165, 1.54) is 7.11 Å². The maximum absolute atomic E-state index is 12.0.